The normalized spacial score (nSPS) is 14.5. The smallest absolute Gasteiger partial charge is 0.399 e. The Morgan fingerprint density at radius 2 is 1.15 bits per heavy atom. The largest absolute Gasteiger partial charge is 0.494 e. The number of unbranched alkanes of at least 4 members (excludes halogenated alkanes) is 2. The molecule has 5 rings (SSSR count). The van der Waals surface area contributed by atoms with Gasteiger partial charge in [-0.3, -0.25) is 10.8 Å². The lowest BCUT2D eigenvalue weighted by atomic mass is 9.78. The van der Waals surface area contributed by atoms with Gasteiger partial charge in [0.05, 0.1) is 14.9 Å². The maximum absolute atomic E-state index is 7.57. The number of amidine groups is 2. The van der Waals surface area contributed by atoms with Crippen LogP contribution in [0.4, 0.5) is 11.4 Å². The van der Waals surface area contributed by atoms with E-state index in [2.05, 4.69) is 117 Å². The first kappa shape index (κ1) is 44.0. The summed E-state index contributed by atoms with van der Waals surface area (Å²) < 4.78 is 13.0. The molecular formula is C44H58BIN6O2. The van der Waals surface area contributed by atoms with E-state index in [0.717, 1.165) is 44.6 Å². The SMILES string of the molecule is CCCCc1cccc(/C(=C/C(=N)N)Nc2ccccc2)c1.CCCCc1cccc(B2OC(C)(C)C(C)(C)O2)c1.N=C(N)/C=C(/I)Nc1ccccc1. The Morgan fingerprint density at radius 1 is 0.667 bits per heavy atom. The van der Waals surface area contributed by atoms with Gasteiger partial charge in [-0.05, 0) is 128 Å². The van der Waals surface area contributed by atoms with Crippen molar-refractivity contribution in [2.75, 3.05) is 10.6 Å². The van der Waals surface area contributed by atoms with Crippen molar-refractivity contribution in [2.45, 2.75) is 91.3 Å². The van der Waals surface area contributed by atoms with Crippen LogP contribution in [0.25, 0.3) is 5.70 Å². The maximum atomic E-state index is 7.57. The molecule has 0 spiro atoms. The molecule has 0 radical (unpaired) electrons. The minimum absolute atomic E-state index is 0.0393. The van der Waals surface area contributed by atoms with Crippen LogP contribution in [0.5, 0.6) is 0 Å². The molecule has 54 heavy (non-hydrogen) atoms. The number of nitrogens with one attached hydrogen (secondary N) is 4. The zero-order valence-electron chi connectivity index (χ0n) is 32.7. The first-order valence-electron chi connectivity index (χ1n) is 18.7. The minimum atomic E-state index is -0.267. The molecule has 1 fully saturated rings. The molecule has 1 aliphatic heterocycles. The van der Waals surface area contributed by atoms with Crippen LogP contribution in [-0.2, 0) is 22.2 Å². The molecular weight excluding hydrogens is 782 g/mol. The van der Waals surface area contributed by atoms with Crippen LogP contribution in [-0.4, -0.2) is 30.0 Å². The monoisotopic (exact) mass is 840 g/mol. The van der Waals surface area contributed by atoms with Crippen LogP contribution >= 0.6 is 22.6 Å². The molecule has 10 heteroatoms. The van der Waals surface area contributed by atoms with Gasteiger partial charge in [0.1, 0.15) is 11.7 Å². The third kappa shape index (κ3) is 15.2. The van der Waals surface area contributed by atoms with Crippen LogP contribution in [0, 0.1) is 10.8 Å². The van der Waals surface area contributed by atoms with Crippen LogP contribution in [0.3, 0.4) is 0 Å². The van der Waals surface area contributed by atoms with E-state index in [4.69, 9.17) is 31.6 Å². The van der Waals surface area contributed by atoms with Gasteiger partial charge in [-0.2, -0.15) is 0 Å². The van der Waals surface area contributed by atoms with Crippen molar-refractivity contribution in [3.63, 3.8) is 0 Å². The van der Waals surface area contributed by atoms with Crippen LogP contribution in [0.15, 0.2) is 125 Å². The predicted octanol–water partition coefficient (Wildman–Crippen LogP) is 10.1. The van der Waals surface area contributed by atoms with Crippen LogP contribution in [0.1, 0.15) is 83.9 Å². The highest BCUT2D eigenvalue weighted by Gasteiger charge is 2.51. The van der Waals surface area contributed by atoms with E-state index in [1.165, 1.54) is 36.8 Å². The predicted molar refractivity (Wildman–Crippen MR) is 240 cm³/mol. The van der Waals surface area contributed by atoms with Gasteiger partial charge in [-0.15, -0.1) is 0 Å². The zero-order valence-corrected chi connectivity index (χ0v) is 34.9. The number of rotatable bonds is 14. The van der Waals surface area contributed by atoms with Crippen molar-refractivity contribution in [3.05, 3.63) is 142 Å². The summed E-state index contributed by atoms with van der Waals surface area (Å²) >= 11 is 2.09. The van der Waals surface area contributed by atoms with E-state index in [0.29, 0.717) is 0 Å². The fraction of sp³-hybridized carbons (Fsp3) is 0.318. The Bertz CT molecular complexity index is 1810. The third-order valence-electron chi connectivity index (χ3n) is 9.02. The summed E-state index contributed by atoms with van der Waals surface area (Å²) in [5.74, 6) is 0.0882. The molecule has 1 heterocycles. The molecule has 0 unspecified atom stereocenters. The van der Waals surface area contributed by atoms with Gasteiger partial charge in [0.2, 0.25) is 0 Å². The second-order valence-electron chi connectivity index (χ2n) is 14.2. The highest BCUT2D eigenvalue weighted by molar-refractivity contribution is 14.1. The van der Waals surface area contributed by atoms with Crippen molar-refractivity contribution in [3.8, 4) is 0 Å². The molecule has 8 nitrogen and oxygen atoms in total. The fourth-order valence-corrected chi connectivity index (χ4v) is 6.03. The molecule has 1 aliphatic rings. The molecule has 0 amide bonds. The Labute approximate surface area is 337 Å². The van der Waals surface area contributed by atoms with Gasteiger partial charge in [0.15, 0.2) is 0 Å². The summed E-state index contributed by atoms with van der Waals surface area (Å²) in [5.41, 5.74) is 17.9. The number of hydrogen-bond donors (Lipinski definition) is 6. The lowest BCUT2D eigenvalue weighted by molar-refractivity contribution is 0.00578. The number of halogens is 1. The van der Waals surface area contributed by atoms with Gasteiger partial charge in [0.25, 0.3) is 0 Å². The molecule has 4 aromatic rings. The van der Waals surface area contributed by atoms with E-state index in [1.54, 1.807) is 12.2 Å². The van der Waals surface area contributed by atoms with Gasteiger partial charge < -0.3 is 31.4 Å². The van der Waals surface area contributed by atoms with E-state index in [9.17, 15) is 0 Å². The number of para-hydroxylation sites is 2. The first-order valence-corrected chi connectivity index (χ1v) is 19.8. The van der Waals surface area contributed by atoms with E-state index in [-0.39, 0.29) is 30.0 Å². The van der Waals surface area contributed by atoms with Crippen molar-refractivity contribution in [1.29, 1.82) is 10.8 Å². The summed E-state index contributed by atoms with van der Waals surface area (Å²) in [6, 6.07) is 36.7. The lowest BCUT2D eigenvalue weighted by Gasteiger charge is -2.32. The molecule has 0 atom stereocenters. The molecule has 4 aromatic carbocycles. The maximum Gasteiger partial charge on any atom is 0.494 e. The van der Waals surface area contributed by atoms with Crippen molar-refractivity contribution >= 4 is 63.9 Å². The molecule has 0 aromatic heterocycles. The topological polar surface area (TPSA) is 142 Å². The lowest BCUT2D eigenvalue weighted by Crippen LogP contribution is -2.41. The third-order valence-corrected chi connectivity index (χ3v) is 9.61. The summed E-state index contributed by atoms with van der Waals surface area (Å²) in [7, 11) is -0.244. The zero-order chi connectivity index (χ0) is 39.6. The average molecular weight is 841 g/mol. The molecule has 286 valence electrons. The van der Waals surface area contributed by atoms with Gasteiger partial charge in [-0.25, -0.2) is 0 Å². The molecule has 0 aliphatic carbocycles. The van der Waals surface area contributed by atoms with E-state index < -0.39 is 0 Å². The second-order valence-corrected chi connectivity index (χ2v) is 15.3. The van der Waals surface area contributed by atoms with Gasteiger partial charge in [0, 0.05) is 29.2 Å². The highest BCUT2D eigenvalue weighted by atomic mass is 127. The second kappa shape index (κ2) is 22.1. The number of anilines is 2. The molecule has 0 saturated carbocycles. The standard InChI is InChI=1S/C19H23N3.C16H25BO2.C9H10IN3/c1-2-3-8-15-9-7-10-16(13-15)18(14-19(20)21)22-17-11-5-4-6-12-17;1-6-7-9-13-10-8-11-14(12-13)17-18-15(2,3)16(4,5)19-17;10-8(6-9(11)12)13-7-4-2-1-3-5-7/h4-7,9-14,22H,2-3,8H2,1H3,(H3,20,21);8,10-12H,6-7,9H2,1-5H3;1-6,13H,(H3,11,12)/b18-14-;;8-6-. The number of aryl methyl sites for hydroxylation is 2. The van der Waals surface area contributed by atoms with Crippen molar-refractivity contribution in [1.82, 2.24) is 0 Å². The number of nitrogens with two attached hydrogens (primary N) is 2. The Hall–Kier alpha value is -4.39. The van der Waals surface area contributed by atoms with Crippen LogP contribution < -0.4 is 27.6 Å². The van der Waals surface area contributed by atoms with Gasteiger partial charge >= 0.3 is 7.12 Å². The minimum Gasteiger partial charge on any atom is -0.399 e. The number of hydrogen-bond acceptors (Lipinski definition) is 6. The number of benzene rings is 4. The highest BCUT2D eigenvalue weighted by Crippen LogP contribution is 2.36. The van der Waals surface area contributed by atoms with Crippen molar-refractivity contribution in [2.24, 2.45) is 11.5 Å². The fourth-order valence-electron chi connectivity index (χ4n) is 5.39. The Balaban J connectivity index is 0.000000225. The Morgan fingerprint density at radius 3 is 1.65 bits per heavy atom. The van der Waals surface area contributed by atoms with Gasteiger partial charge in [-0.1, -0.05) is 106 Å². The summed E-state index contributed by atoms with van der Waals surface area (Å²) in [5, 5.41) is 21.1. The molecule has 1 saturated heterocycles. The van der Waals surface area contributed by atoms with E-state index in [1.807, 2.05) is 66.7 Å². The summed E-state index contributed by atoms with van der Waals surface area (Å²) in [6.45, 7) is 12.8. The summed E-state index contributed by atoms with van der Waals surface area (Å²) in [6.07, 6.45) is 10.2. The van der Waals surface area contributed by atoms with Crippen LogP contribution in [0.2, 0.25) is 0 Å². The van der Waals surface area contributed by atoms with Crippen molar-refractivity contribution < 1.29 is 9.31 Å². The first-order chi connectivity index (χ1) is 25.7. The summed E-state index contributed by atoms with van der Waals surface area (Å²) in [4.78, 5) is 0. The quantitative estimate of drug-likeness (QED) is 0.0246. The average Bonchev–Trinajstić information content (AvgIpc) is 3.36. The molecule has 0 bridgehead atoms. The molecule has 8 N–H and O–H groups in total. The Kier molecular flexibility index (Phi) is 18.0. The van der Waals surface area contributed by atoms with E-state index >= 15 is 0 Å².